The van der Waals surface area contributed by atoms with Crippen LogP contribution in [0.2, 0.25) is 0 Å². The third-order valence-electron chi connectivity index (χ3n) is 2.28. The highest BCUT2D eigenvalue weighted by atomic mass is 32.2. The SMILES string of the molecule is COc1ccc(N(CCCO)S(C)(=O)=O)cc1. The summed E-state index contributed by atoms with van der Waals surface area (Å²) >= 11 is 0. The molecule has 0 aliphatic carbocycles. The maximum Gasteiger partial charge on any atom is 0.232 e. The first-order chi connectivity index (χ1) is 7.99. The van der Waals surface area contributed by atoms with Crippen molar-refractivity contribution in [2.45, 2.75) is 6.42 Å². The Bertz CT molecular complexity index is 441. The molecule has 96 valence electrons. The maximum absolute atomic E-state index is 11.6. The maximum atomic E-state index is 11.6. The summed E-state index contributed by atoms with van der Waals surface area (Å²) in [6.45, 7) is 0.226. The predicted octanol–water partition coefficient (Wildman–Crippen LogP) is 0.844. The standard InChI is InChI=1S/C11H17NO4S/c1-16-11-6-4-10(5-7-11)12(8-3-9-13)17(2,14)15/h4-7,13H,3,8-9H2,1-2H3. The molecule has 0 heterocycles. The highest BCUT2D eigenvalue weighted by molar-refractivity contribution is 7.92. The third kappa shape index (κ3) is 3.90. The van der Waals surface area contributed by atoms with Crippen molar-refractivity contribution in [1.29, 1.82) is 0 Å². The largest absolute Gasteiger partial charge is 0.497 e. The molecule has 0 fully saturated rings. The average molecular weight is 259 g/mol. The van der Waals surface area contributed by atoms with E-state index >= 15 is 0 Å². The van der Waals surface area contributed by atoms with E-state index in [-0.39, 0.29) is 13.2 Å². The lowest BCUT2D eigenvalue weighted by Crippen LogP contribution is -2.31. The number of rotatable bonds is 6. The van der Waals surface area contributed by atoms with Crippen LogP contribution in [0.4, 0.5) is 5.69 Å². The van der Waals surface area contributed by atoms with Gasteiger partial charge in [0.2, 0.25) is 10.0 Å². The van der Waals surface area contributed by atoms with Gasteiger partial charge in [-0.1, -0.05) is 0 Å². The van der Waals surface area contributed by atoms with Crippen LogP contribution in [0.5, 0.6) is 5.75 Å². The van der Waals surface area contributed by atoms with Gasteiger partial charge in [0.05, 0.1) is 19.1 Å². The molecule has 0 aliphatic rings. The van der Waals surface area contributed by atoms with Crippen LogP contribution < -0.4 is 9.04 Å². The van der Waals surface area contributed by atoms with E-state index in [1.807, 2.05) is 0 Å². The second-order valence-corrected chi connectivity index (χ2v) is 5.52. The lowest BCUT2D eigenvalue weighted by atomic mass is 10.3. The average Bonchev–Trinajstić information content (AvgIpc) is 2.29. The van der Waals surface area contributed by atoms with Crippen LogP contribution in [0.25, 0.3) is 0 Å². The van der Waals surface area contributed by atoms with Gasteiger partial charge >= 0.3 is 0 Å². The fourth-order valence-corrected chi connectivity index (χ4v) is 2.41. The van der Waals surface area contributed by atoms with Gasteiger partial charge in [-0.05, 0) is 30.7 Å². The van der Waals surface area contributed by atoms with Crippen molar-refractivity contribution >= 4 is 15.7 Å². The molecular weight excluding hydrogens is 242 g/mol. The summed E-state index contributed by atoms with van der Waals surface area (Å²) in [6, 6.07) is 6.76. The molecule has 17 heavy (non-hydrogen) atoms. The lowest BCUT2D eigenvalue weighted by molar-refractivity contribution is 0.291. The van der Waals surface area contributed by atoms with Crippen LogP contribution >= 0.6 is 0 Å². The molecule has 0 atom stereocenters. The number of ether oxygens (including phenoxy) is 1. The number of nitrogens with zero attached hydrogens (tertiary/aromatic N) is 1. The number of aliphatic hydroxyl groups is 1. The van der Waals surface area contributed by atoms with E-state index in [0.717, 1.165) is 6.26 Å². The van der Waals surface area contributed by atoms with Gasteiger partial charge in [0.1, 0.15) is 5.75 Å². The summed E-state index contributed by atoms with van der Waals surface area (Å²) in [5.41, 5.74) is 0.571. The van der Waals surface area contributed by atoms with Crippen molar-refractivity contribution in [3.63, 3.8) is 0 Å². The molecule has 0 aliphatic heterocycles. The summed E-state index contributed by atoms with van der Waals surface area (Å²) in [5.74, 6) is 0.671. The highest BCUT2D eigenvalue weighted by Crippen LogP contribution is 2.21. The van der Waals surface area contributed by atoms with Gasteiger partial charge in [-0.15, -0.1) is 0 Å². The molecule has 0 spiro atoms. The summed E-state index contributed by atoms with van der Waals surface area (Å²) < 4.78 is 29.5. The zero-order valence-electron chi connectivity index (χ0n) is 9.96. The Hall–Kier alpha value is -1.27. The minimum atomic E-state index is -3.33. The van der Waals surface area contributed by atoms with Gasteiger partial charge in [-0.2, -0.15) is 0 Å². The van der Waals surface area contributed by atoms with Crippen LogP contribution in [0.15, 0.2) is 24.3 Å². The van der Waals surface area contributed by atoms with E-state index in [1.54, 1.807) is 31.4 Å². The first kappa shape index (κ1) is 13.8. The van der Waals surface area contributed by atoms with E-state index in [4.69, 9.17) is 9.84 Å². The van der Waals surface area contributed by atoms with E-state index in [9.17, 15) is 8.42 Å². The molecule has 5 nitrogen and oxygen atoms in total. The normalized spacial score (nSPS) is 11.2. The third-order valence-corrected chi connectivity index (χ3v) is 3.47. The number of hydrogen-bond acceptors (Lipinski definition) is 4. The molecule has 1 N–H and O–H groups in total. The molecular formula is C11H17NO4S. The quantitative estimate of drug-likeness (QED) is 0.822. The summed E-state index contributed by atoms with van der Waals surface area (Å²) in [4.78, 5) is 0. The van der Waals surface area contributed by atoms with Crippen molar-refractivity contribution in [2.75, 3.05) is 30.8 Å². The number of benzene rings is 1. The molecule has 6 heteroatoms. The number of aliphatic hydroxyl groups excluding tert-OH is 1. The van der Waals surface area contributed by atoms with Gasteiger partial charge in [-0.25, -0.2) is 8.42 Å². The van der Waals surface area contributed by atoms with E-state index in [1.165, 1.54) is 4.31 Å². The zero-order chi connectivity index (χ0) is 12.9. The molecule has 0 bridgehead atoms. The van der Waals surface area contributed by atoms with Crippen molar-refractivity contribution in [3.05, 3.63) is 24.3 Å². The molecule has 0 aromatic heterocycles. The van der Waals surface area contributed by atoms with Crippen molar-refractivity contribution in [3.8, 4) is 5.75 Å². The Balaban J connectivity index is 2.96. The summed E-state index contributed by atoms with van der Waals surface area (Å²) in [6.07, 6.45) is 1.55. The minimum absolute atomic E-state index is 0.0395. The van der Waals surface area contributed by atoms with Gasteiger partial charge in [0.25, 0.3) is 0 Å². The monoisotopic (exact) mass is 259 g/mol. The lowest BCUT2D eigenvalue weighted by Gasteiger charge is -2.22. The Kier molecular flexibility index (Phi) is 4.77. The number of methoxy groups -OCH3 is 1. The van der Waals surface area contributed by atoms with Gasteiger partial charge < -0.3 is 9.84 Å². The van der Waals surface area contributed by atoms with Crippen LogP contribution in [-0.2, 0) is 10.0 Å². The molecule has 1 aromatic rings. The molecule has 0 unspecified atom stereocenters. The summed E-state index contributed by atoms with van der Waals surface area (Å²) in [7, 11) is -1.78. The molecule has 0 saturated heterocycles. The Morgan fingerprint density at radius 3 is 2.29 bits per heavy atom. The second-order valence-electron chi connectivity index (χ2n) is 3.61. The first-order valence-electron chi connectivity index (χ1n) is 5.21. The molecule has 0 saturated carbocycles. The second kappa shape index (κ2) is 5.88. The molecule has 1 rings (SSSR count). The Morgan fingerprint density at radius 2 is 1.88 bits per heavy atom. The Labute approximate surface area is 102 Å². The number of sulfonamides is 1. The fraction of sp³-hybridized carbons (Fsp3) is 0.455. The van der Waals surface area contributed by atoms with Gasteiger partial charge in [0.15, 0.2) is 0 Å². The topological polar surface area (TPSA) is 66.8 Å². The number of anilines is 1. The minimum Gasteiger partial charge on any atom is -0.497 e. The van der Waals surface area contributed by atoms with Crippen LogP contribution in [0.1, 0.15) is 6.42 Å². The fourth-order valence-electron chi connectivity index (χ4n) is 1.45. The zero-order valence-corrected chi connectivity index (χ0v) is 10.8. The van der Waals surface area contributed by atoms with E-state index in [0.29, 0.717) is 17.9 Å². The highest BCUT2D eigenvalue weighted by Gasteiger charge is 2.16. The van der Waals surface area contributed by atoms with Gasteiger partial charge in [0, 0.05) is 13.2 Å². The van der Waals surface area contributed by atoms with E-state index < -0.39 is 10.0 Å². The molecule has 0 radical (unpaired) electrons. The van der Waals surface area contributed by atoms with Crippen LogP contribution in [0.3, 0.4) is 0 Å². The molecule has 0 amide bonds. The smallest absolute Gasteiger partial charge is 0.232 e. The first-order valence-corrected chi connectivity index (χ1v) is 7.06. The van der Waals surface area contributed by atoms with Crippen molar-refractivity contribution < 1.29 is 18.3 Å². The van der Waals surface area contributed by atoms with E-state index in [2.05, 4.69) is 0 Å². The van der Waals surface area contributed by atoms with Crippen LogP contribution in [0, 0.1) is 0 Å². The van der Waals surface area contributed by atoms with Gasteiger partial charge in [-0.3, -0.25) is 4.31 Å². The van der Waals surface area contributed by atoms with Crippen molar-refractivity contribution in [1.82, 2.24) is 0 Å². The molecule has 1 aromatic carbocycles. The van der Waals surface area contributed by atoms with Crippen LogP contribution in [-0.4, -0.2) is 40.0 Å². The Morgan fingerprint density at radius 1 is 1.29 bits per heavy atom. The number of hydrogen-bond donors (Lipinski definition) is 1. The summed E-state index contributed by atoms with van der Waals surface area (Å²) in [5, 5.41) is 8.77. The van der Waals surface area contributed by atoms with Crippen molar-refractivity contribution in [2.24, 2.45) is 0 Å². The predicted molar refractivity (Wildman–Crippen MR) is 66.9 cm³/mol.